The largest absolute Gasteiger partial charge is 0.481 e. The van der Waals surface area contributed by atoms with Crippen LogP contribution < -0.4 is 0 Å². The van der Waals surface area contributed by atoms with E-state index in [2.05, 4.69) is 4.90 Å². The SMILES string of the molecule is O=C(O)C1CCN(C(=O)CCN2CCCCC2c2cccc(F)c2)CC1. The Hall–Kier alpha value is -1.95. The van der Waals surface area contributed by atoms with E-state index in [1.165, 1.54) is 6.07 Å². The van der Waals surface area contributed by atoms with Gasteiger partial charge in [0.2, 0.25) is 5.91 Å². The summed E-state index contributed by atoms with van der Waals surface area (Å²) < 4.78 is 13.6. The van der Waals surface area contributed by atoms with Crippen LogP contribution in [-0.2, 0) is 9.59 Å². The molecule has 0 spiro atoms. The molecular weight excluding hydrogens is 335 g/mol. The van der Waals surface area contributed by atoms with E-state index >= 15 is 0 Å². The predicted molar refractivity (Wildman–Crippen MR) is 96.1 cm³/mol. The number of rotatable bonds is 5. The van der Waals surface area contributed by atoms with Crippen LogP contribution in [0.15, 0.2) is 24.3 Å². The van der Waals surface area contributed by atoms with Gasteiger partial charge in [-0.05, 0) is 49.9 Å². The third-order valence-corrected chi connectivity index (χ3v) is 5.66. The molecule has 6 heteroatoms. The monoisotopic (exact) mass is 362 g/mol. The second-order valence-electron chi connectivity index (χ2n) is 7.35. The summed E-state index contributed by atoms with van der Waals surface area (Å²) in [7, 11) is 0. The van der Waals surface area contributed by atoms with Crippen LogP contribution in [0.1, 0.15) is 50.1 Å². The van der Waals surface area contributed by atoms with E-state index in [1.54, 1.807) is 17.0 Å². The topological polar surface area (TPSA) is 60.9 Å². The summed E-state index contributed by atoms with van der Waals surface area (Å²) in [5, 5.41) is 9.06. The number of hydrogen-bond donors (Lipinski definition) is 1. The lowest BCUT2D eigenvalue weighted by Crippen LogP contribution is -2.42. The highest BCUT2D eigenvalue weighted by Gasteiger charge is 2.28. The van der Waals surface area contributed by atoms with Crippen molar-refractivity contribution in [3.8, 4) is 0 Å². The van der Waals surface area contributed by atoms with Crippen LogP contribution in [0.2, 0.25) is 0 Å². The fourth-order valence-corrected chi connectivity index (χ4v) is 4.12. The van der Waals surface area contributed by atoms with Gasteiger partial charge in [0.05, 0.1) is 5.92 Å². The van der Waals surface area contributed by atoms with Crippen molar-refractivity contribution in [3.05, 3.63) is 35.6 Å². The fraction of sp³-hybridized carbons (Fsp3) is 0.600. The summed E-state index contributed by atoms with van der Waals surface area (Å²) in [4.78, 5) is 27.6. The molecule has 2 fully saturated rings. The smallest absolute Gasteiger partial charge is 0.306 e. The Kier molecular flexibility index (Phi) is 6.25. The lowest BCUT2D eigenvalue weighted by molar-refractivity contribution is -0.145. The number of carboxylic acids is 1. The van der Waals surface area contributed by atoms with E-state index in [0.717, 1.165) is 31.4 Å². The van der Waals surface area contributed by atoms with Crippen LogP contribution in [0.5, 0.6) is 0 Å². The molecule has 1 aromatic carbocycles. The number of carbonyl (C=O) groups excluding carboxylic acids is 1. The van der Waals surface area contributed by atoms with Crippen molar-refractivity contribution in [1.29, 1.82) is 0 Å². The number of benzene rings is 1. The first-order valence-electron chi connectivity index (χ1n) is 9.54. The third kappa shape index (κ3) is 4.61. The minimum absolute atomic E-state index is 0.0948. The van der Waals surface area contributed by atoms with Crippen molar-refractivity contribution < 1.29 is 19.1 Å². The lowest BCUT2D eigenvalue weighted by Gasteiger charge is -2.37. The molecule has 0 aromatic heterocycles. The van der Waals surface area contributed by atoms with Crippen LogP contribution >= 0.6 is 0 Å². The molecule has 142 valence electrons. The van der Waals surface area contributed by atoms with Gasteiger partial charge >= 0.3 is 5.97 Å². The zero-order chi connectivity index (χ0) is 18.5. The number of amides is 1. The highest BCUT2D eigenvalue weighted by atomic mass is 19.1. The quantitative estimate of drug-likeness (QED) is 0.874. The average molecular weight is 362 g/mol. The molecule has 1 aromatic rings. The lowest BCUT2D eigenvalue weighted by atomic mass is 9.94. The molecule has 2 heterocycles. The average Bonchev–Trinajstić information content (AvgIpc) is 2.66. The van der Waals surface area contributed by atoms with Gasteiger partial charge in [0, 0.05) is 32.1 Å². The van der Waals surface area contributed by atoms with Gasteiger partial charge < -0.3 is 10.0 Å². The molecule has 0 bridgehead atoms. The maximum absolute atomic E-state index is 13.6. The first-order chi connectivity index (χ1) is 12.5. The number of nitrogens with zero attached hydrogens (tertiary/aromatic N) is 2. The van der Waals surface area contributed by atoms with Crippen molar-refractivity contribution in [1.82, 2.24) is 9.80 Å². The van der Waals surface area contributed by atoms with Gasteiger partial charge in [0.15, 0.2) is 0 Å². The van der Waals surface area contributed by atoms with E-state index in [1.807, 2.05) is 6.07 Å². The van der Waals surface area contributed by atoms with Crippen molar-refractivity contribution >= 4 is 11.9 Å². The summed E-state index contributed by atoms with van der Waals surface area (Å²) in [6.45, 7) is 2.65. The van der Waals surface area contributed by atoms with Gasteiger partial charge in [0.25, 0.3) is 0 Å². The summed E-state index contributed by atoms with van der Waals surface area (Å²) >= 11 is 0. The molecule has 2 saturated heterocycles. The van der Waals surface area contributed by atoms with E-state index in [0.29, 0.717) is 38.9 Å². The molecule has 5 nitrogen and oxygen atoms in total. The van der Waals surface area contributed by atoms with E-state index in [-0.39, 0.29) is 23.7 Å². The molecule has 1 atom stereocenters. The molecule has 26 heavy (non-hydrogen) atoms. The van der Waals surface area contributed by atoms with Crippen molar-refractivity contribution in [2.75, 3.05) is 26.2 Å². The summed E-state index contributed by atoms with van der Waals surface area (Å²) in [6, 6.07) is 6.94. The maximum atomic E-state index is 13.6. The molecule has 2 aliphatic rings. The zero-order valence-corrected chi connectivity index (χ0v) is 15.1. The molecule has 1 unspecified atom stereocenters. The number of likely N-dealkylation sites (tertiary alicyclic amines) is 2. The van der Waals surface area contributed by atoms with Gasteiger partial charge in [-0.1, -0.05) is 18.6 Å². The Morgan fingerprint density at radius 1 is 1.12 bits per heavy atom. The Morgan fingerprint density at radius 3 is 2.58 bits per heavy atom. The molecular formula is C20H27FN2O3. The van der Waals surface area contributed by atoms with Crippen molar-refractivity contribution in [2.45, 2.75) is 44.6 Å². The van der Waals surface area contributed by atoms with Gasteiger partial charge in [-0.15, -0.1) is 0 Å². The van der Waals surface area contributed by atoms with Crippen LogP contribution in [0.25, 0.3) is 0 Å². The number of hydrogen-bond acceptors (Lipinski definition) is 3. The molecule has 0 aliphatic carbocycles. The van der Waals surface area contributed by atoms with Gasteiger partial charge in [0.1, 0.15) is 5.82 Å². The normalized spacial score (nSPS) is 22.3. The second kappa shape index (κ2) is 8.62. The minimum atomic E-state index is -0.761. The Labute approximate surface area is 153 Å². The minimum Gasteiger partial charge on any atom is -0.481 e. The highest BCUT2D eigenvalue weighted by Crippen LogP contribution is 2.31. The van der Waals surface area contributed by atoms with E-state index < -0.39 is 5.97 Å². The number of carbonyl (C=O) groups is 2. The summed E-state index contributed by atoms with van der Waals surface area (Å²) in [6.07, 6.45) is 4.72. The van der Waals surface area contributed by atoms with Gasteiger partial charge in [-0.2, -0.15) is 0 Å². The molecule has 2 aliphatic heterocycles. The number of piperidine rings is 2. The molecule has 0 saturated carbocycles. The Bertz CT molecular complexity index is 644. The first-order valence-corrected chi connectivity index (χ1v) is 9.54. The molecule has 1 N–H and O–H groups in total. The fourth-order valence-electron chi connectivity index (χ4n) is 4.12. The van der Waals surface area contributed by atoms with E-state index in [9.17, 15) is 14.0 Å². The third-order valence-electron chi connectivity index (χ3n) is 5.66. The number of carboxylic acid groups (broad SMARTS) is 1. The van der Waals surface area contributed by atoms with Gasteiger partial charge in [-0.25, -0.2) is 4.39 Å². The summed E-state index contributed by atoms with van der Waals surface area (Å²) in [5.74, 6) is -1.20. The van der Waals surface area contributed by atoms with E-state index in [4.69, 9.17) is 5.11 Å². The van der Waals surface area contributed by atoms with Crippen LogP contribution in [-0.4, -0.2) is 53.0 Å². The first kappa shape index (κ1) is 18.8. The van der Waals surface area contributed by atoms with Crippen LogP contribution in [0, 0.1) is 11.7 Å². The van der Waals surface area contributed by atoms with Gasteiger partial charge in [-0.3, -0.25) is 14.5 Å². The zero-order valence-electron chi connectivity index (χ0n) is 15.1. The standard InChI is InChI=1S/C20H27FN2O3/c21-17-5-3-4-16(14-17)18-6-1-2-10-22(18)13-9-19(24)23-11-7-15(8-12-23)20(25)26/h3-5,14-15,18H,1-2,6-13H2,(H,25,26). The highest BCUT2D eigenvalue weighted by molar-refractivity contribution is 5.77. The number of halogens is 1. The Morgan fingerprint density at radius 2 is 1.88 bits per heavy atom. The van der Waals surface area contributed by atoms with Crippen molar-refractivity contribution in [2.24, 2.45) is 5.92 Å². The molecule has 1 amide bonds. The predicted octanol–water partition coefficient (Wildman–Crippen LogP) is 3.07. The molecule has 3 rings (SSSR count). The van der Waals surface area contributed by atoms with Crippen LogP contribution in [0.4, 0.5) is 4.39 Å². The Balaban J connectivity index is 1.54. The summed E-state index contributed by atoms with van der Waals surface area (Å²) in [5.41, 5.74) is 0.986. The molecule has 0 radical (unpaired) electrons. The van der Waals surface area contributed by atoms with Crippen LogP contribution in [0.3, 0.4) is 0 Å². The van der Waals surface area contributed by atoms with Crippen molar-refractivity contribution in [3.63, 3.8) is 0 Å². The number of aliphatic carboxylic acids is 1. The maximum Gasteiger partial charge on any atom is 0.306 e. The second-order valence-corrected chi connectivity index (χ2v) is 7.35.